The van der Waals surface area contributed by atoms with Gasteiger partial charge in [0.1, 0.15) is 0 Å². The van der Waals surface area contributed by atoms with Gasteiger partial charge >= 0.3 is 5.97 Å². The molecule has 0 saturated heterocycles. The lowest BCUT2D eigenvalue weighted by molar-refractivity contribution is -0.150. The van der Waals surface area contributed by atoms with Crippen molar-refractivity contribution in [3.63, 3.8) is 0 Å². The van der Waals surface area contributed by atoms with E-state index in [-0.39, 0.29) is 23.8 Å². The zero-order valence-corrected chi connectivity index (χ0v) is 11.0. The number of carboxylic acid groups (broad SMARTS) is 1. The third kappa shape index (κ3) is 3.51. The highest BCUT2D eigenvalue weighted by atomic mass is 16.4. The Labute approximate surface area is 97.4 Å². The van der Waals surface area contributed by atoms with Crippen LogP contribution in [0.3, 0.4) is 0 Å². The fraction of sp³-hybridized carbons (Fsp3) is 0.833. The molecule has 0 saturated carbocycles. The van der Waals surface area contributed by atoms with Gasteiger partial charge in [-0.15, -0.1) is 0 Å². The zero-order valence-electron chi connectivity index (χ0n) is 11.0. The van der Waals surface area contributed by atoms with Crippen LogP contribution in [0.2, 0.25) is 0 Å². The van der Waals surface area contributed by atoms with Crippen LogP contribution < -0.4 is 5.32 Å². The summed E-state index contributed by atoms with van der Waals surface area (Å²) in [4.78, 5) is 22.8. The zero-order chi connectivity index (χ0) is 13.1. The van der Waals surface area contributed by atoms with Crippen LogP contribution >= 0.6 is 0 Å². The number of hydrogen-bond acceptors (Lipinski definition) is 2. The molecule has 0 aromatic heterocycles. The fourth-order valence-electron chi connectivity index (χ4n) is 1.63. The molecule has 0 bridgehead atoms. The lowest BCUT2D eigenvalue weighted by atomic mass is 9.78. The van der Waals surface area contributed by atoms with E-state index in [0.717, 1.165) is 0 Å². The molecule has 0 aromatic rings. The Morgan fingerprint density at radius 3 is 1.81 bits per heavy atom. The van der Waals surface area contributed by atoms with Gasteiger partial charge in [0.15, 0.2) is 0 Å². The van der Waals surface area contributed by atoms with E-state index < -0.39 is 11.4 Å². The van der Waals surface area contributed by atoms with Crippen LogP contribution in [0.25, 0.3) is 0 Å². The first-order valence-corrected chi connectivity index (χ1v) is 5.64. The Morgan fingerprint density at radius 1 is 1.12 bits per heavy atom. The third-order valence-electron chi connectivity index (χ3n) is 2.82. The van der Waals surface area contributed by atoms with E-state index in [1.165, 1.54) is 0 Å². The summed E-state index contributed by atoms with van der Waals surface area (Å²) < 4.78 is 0. The number of aliphatic carboxylic acids is 1. The molecule has 0 radical (unpaired) electrons. The standard InChI is InChI=1S/C12H23NO3/c1-7(2)9(12(5,6)11(15)16)13-10(14)8(3)4/h7-9H,1-6H3,(H,13,14)(H,15,16). The van der Waals surface area contributed by atoms with Crippen LogP contribution in [-0.4, -0.2) is 23.0 Å². The van der Waals surface area contributed by atoms with E-state index in [1.807, 2.05) is 13.8 Å². The van der Waals surface area contributed by atoms with Gasteiger partial charge in [-0.2, -0.15) is 0 Å². The van der Waals surface area contributed by atoms with Crippen LogP contribution in [-0.2, 0) is 9.59 Å². The SMILES string of the molecule is CC(C)C(=O)NC(C(C)C)C(C)(C)C(=O)O. The predicted octanol–water partition coefficient (Wildman–Crippen LogP) is 1.89. The maximum Gasteiger partial charge on any atom is 0.311 e. The minimum atomic E-state index is -0.960. The predicted molar refractivity (Wildman–Crippen MR) is 63.0 cm³/mol. The molecule has 0 aliphatic rings. The van der Waals surface area contributed by atoms with Gasteiger partial charge in [0.25, 0.3) is 0 Å². The molecule has 4 nitrogen and oxygen atoms in total. The summed E-state index contributed by atoms with van der Waals surface area (Å²) in [5.41, 5.74) is -0.960. The van der Waals surface area contributed by atoms with Gasteiger partial charge in [0, 0.05) is 12.0 Å². The molecular formula is C12H23NO3. The van der Waals surface area contributed by atoms with E-state index in [9.17, 15) is 9.59 Å². The van der Waals surface area contributed by atoms with Crippen molar-refractivity contribution >= 4 is 11.9 Å². The van der Waals surface area contributed by atoms with Gasteiger partial charge in [-0.25, -0.2) is 0 Å². The lowest BCUT2D eigenvalue weighted by Crippen LogP contribution is -2.52. The van der Waals surface area contributed by atoms with E-state index >= 15 is 0 Å². The molecular weight excluding hydrogens is 206 g/mol. The van der Waals surface area contributed by atoms with Crippen LogP contribution in [0.1, 0.15) is 41.5 Å². The number of carbonyl (C=O) groups is 2. The Morgan fingerprint density at radius 2 is 1.56 bits per heavy atom. The monoisotopic (exact) mass is 229 g/mol. The molecule has 1 amide bonds. The highest BCUT2D eigenvalue weighted by Gasteiger charge is 2.39. The Bertz CT molecular complexity index is 269. The number of rotatable bonds is 5. The Hall–Kier alpha value is -1.06. The summed E-state index contributed by atoms with van der Waals surface area (Å²) in [7, 11) is 0. The van der Waals surface area contributed by atoms with Gasteiger partial charge in [0.2, 0.25) is 5.91 Å². The second kappa shape index (κ2) is 5.32. The van der Waals surface area contributed by atoms with Crippen molar-refractivity contribution < 1.29 is 14.7 Å². The van der Waals surface area contributed by atoms with Crippen molar-refractivity contribution in [2.24, 2.45) is 17.3 Å². The molecule has 0 aliphatic carbocycles. The summed E-state index contributed by atoms with van der Waals surface area (Å²) in [5.74, 6) is -1.05. The topological polar surface area (TPSA) is 66.4 Å². The quantitative estimate of drug-likeness (QED) is 0.756. The van der Waals surface area contributed by atoms with Crippen molar-refractivity contribution in [2.75, 3.05) is 0 Å². The molecule has 1 unspecified atom stereocenters. The average Bonchev–Trinajstić information content (AvgIpc) is 2.12. The van der Waals surface area contributed by atoms with Crippen LogP contribution in [0.4, 0.5) is 0 Å². The molecule has 0 spiro atoms. The van der Waals surface area contributed by atoms with Gasteiger partial charge in [-0.3, -0.25) is 9.59 Å². The fourth-order valence-corrected chi connectivity index (χ4v) is 1.63. The number of carbonyl (C=O) groups excluding carboxylic acids is 1. The highest BCUT2D eigenvalue weighted by Crippen LogP contribution is 2.26. The maximum atomic E-state index is 11.6. The van der Waals surface area contributed by atoms with E-state index in [4.69, 9.17) is 5.11 Å². The first-order chi connectivity index (χ1) is 7.10. The first-order valence-electron chi connectivity index (χ1n) is 5.64. The normalized spacial score (nSPS) is 14.0. The number of hydrogen-bond donors (Lipinski definition) is 2. The maximum absolute atomic E-state index is 11.6. The molecule has 2 N–H and O–H groups in total. The van der Waals surface area contributed by atoms with Crippen LogP contribution in [0.5, 0.6) is 0 Å². The molecule has 16 heavy (non-hydrogen) atoms. The Kier molecular flexibility index (Phi) is 4.97. The number of carboxylic acids is 1. The summed E-state index contributed by atoms with van der Waals surface area (Å²) in [6.07, 6.45) is 0. The molecule has 0 aliphatic heterocycles. The summed E-state index contributed by atoms with van der Waals surface area (Å²) in [5, 5.41) is 12.0. The molecule has 94 valence electrons. The summed E-state index contributed by atoms with van der Waals surface area (Å²) in [6, 6.07) is -0.361. The van der Waals surface area contributed by atoms with Gasteiger partial charge < -0.3 is 10.4 Å². The van der Waals surface area contributed by atoms with Gasteiger partial charge in [-0.05, 0) is 19.8 Å². The lowest BCUT2D eigenvalue weighted by Gasteiger charge is -2.34. The van der Waals surface area contributed by atoms with Crippen LogP contribution in [0.15, 0.2) is 0 Å². The van der Waals surface area contributed by atoms with E-state index in [2.05, 4.69) is 5.32 Å². The molecule has 0 rings (SSSR count). The number of amides is 1. The second-order valence-corrected chi connectivity index (χ2v) is 5.41. The van der Waals surface area contributed by atoms with Crippen molar-refractivity contribution in [1.82, 2.24) is 5.32 Å². The third-order valence-corrected chi connectivity index (χ3v) is 2.82. The van der Waals surface area contributed by atoms with Crippen LogP contribution in [0, 0.1) is 17.3 Å². The molecule has 1 atom stereocenters. The molecule has 0 heterocycles. The minimum Gasteiger partial charge on any atom is -0.481 e. The van der Waals surface area contributed by atoms with Crippen molar-refractivity contribution in [3.8, 4) is 0 Å². The van der Waals surface area contributed by atoms with E-state index in [0.29, 0.717) is 0 Å². The Balaban J connectivity index is 4.90. The minimum absolute atomic E-state index is 0.0776. The molecule has 4 heteroatoms. The highest BCUT2D eigenvalue weighted by molar-refractivity contribution is 5.80. The molecule has 0 fully saturated rings. The van der Waals surface area contributed by atoms with Gasteiger partial charge in [0.05, 0.1) is 5.41 Å². The van der Waals surface area contributed by atoms with E-state index in [1.54, 1.807) is 27.7 Å². The average molecular weight is 229 g/mol. The summed E-state index contributed by atoms with van der Waals surface area (Å²) >= 11 is 0. The first kappa shape index (κ1) is 14.9. The second-order valence-electron chi connectivity index (χ2n) is 5.41. The number of nitrogens with one attached hydrogen (secondary N) is 1. The van der Waals surface area contributed by atoms with Crippen molar-refractivity contribution in [2.45, 2.75) is 47.6 Å². The molecule has 0 aromatic carbocycles. The largest absolute Gasteiger partial charge is 0.481 e. The van der Waals surface area contributed by atoms with Crippen molar-refractivity contribution in [3.05, 3.63) is 0 Å². The van der Waals surface area contributed by atoms with Gasteiger partial charge in [-0.1, -0.05) is 27.7 Å². The smallest absolute Gasteiger partial charge is 0.311 e. The summed E-state index contributed by atoms with van der Waals surface area (Å²) in [6.45, 7) is 10.7. The van der Waals surface area contributed by atoms with Crippen molar-refractivity contribution in [1.29, 1.82) is 0 Å².